The third-order valence-electron chi connectivity index (χ3n) is 5.08. The van der Waals surface area contributed by atoms with E-state index in [0.29, 0.717) is 39.1 Å². The fourth-order valence-electron chi connectivity index (χ4n) is 3.62. The van der Waals surface area contributed by atoms with Crippen LogP contribution in [0.1, 0.15) is 18.4 Å². The van der Waals surface area contributed by atoms with Gasteiger partial charge in [0, 0.05) is 39.1 Å². The summed E-state index contributed by atoms with van der Waals surface area (Å²) in [4.78, 5) is 16.3. The zero-order chi connectivity index (χ0) is 20.4. The van der Waals surface area contributed by atoms with Crippen LogP contribution in [0.4, 0.5) is 13.2 Å². The van der Waals surface area contributed by atoms with E-state index < -0.39 is 16.2 Å². The van der Waals surface area contributed by atoms with Crippen molar-refractivity contribution < 1.29 is 31.1 Å². The van der Waals surface area contributed by atoms with Crippen LogP contribution in [0.5, 0.6) is 5.75 Å². The maximum atomic E-state index is 12.4. The van der Waals surface area contributed by atoms with Gasteiger partial charge in [-0.1, -0.05) is 12.1 Å². The lowest BCUT2D eigenvalue weighted by molar-refractivity contribution is -0.274. The first kappa shape index (κ1) is 20.9. The number of alkyl halides is 3. The third kappa shape index (κ3) is 6.10. The van der Waals surface area contributed by atoms with Crippen LogP contribution < -0.4 is 4.74 Å². The van der Waals surface area contributed by atoms with Gasteiger partial charge in [0.15, 0.2) is 9.84 Å². The van der Waals surface area contributed by atoms with Crippen molar-refractivity contribution in [1.82, 2.24) is 9.80 Å². The molecular weight excluding hydrogens is 397 g/mol. The topological polar surface area (TPSA) is 66.9 Å². The first-order valence-electron chi connectivity index (χ1n) is 9.15. The summed E-state index contributed by atoms with van der Waals surface area (Å²) in [7, 11) is -2.98. The molecule has 3 rings (SSSR count). The molecule has 0 aromatic heterocycles. The molecule has 1 aromatic carbocycles. The highest BCUT2D eigenvalue weighted by molar-refractivity contribution is 7.91. The molecule has 156 valence electrons. The van der Waals surface area contributed by atoms with E-state index in [9.17, 15) is 26.4 Å². The molecule has 0 N–H and O–H groups in total. The van der Waals surface area contributed by atoms with Crippen molar-refractivity contribution in [1.29, 1.82) is 0 Å². The van der Waals surface area contributed by atoms with E-state index in [1.54, 1.807) is 17.0 Å². The molecule has 0 spiro atoms. The van der Waals surface area contributed by atoms with Gasteiger partial charge in [0.1, 0.15) is 5.75 Å². The van der Waals surface area contributed by atoms with Gasteiger partial charge in [0.2, 0.25) is 5.91 Å². The molecule has 2 aliphatic rings. The average molecular weight is 420 g/mol. The Hall–Kier alpha value is -1.81. The monoisotopic (exact) mass is 420 g/mol. The molecule has 10 heteroatoms. The molecule has 0 saturated carbocycles. The highest BCUT2D eigenvalue weighted by Gasteiger charge is 2.32. The Kier molecular flexibility index (Phi) is 6.18. The lowest BCUT2D eigenvalue weighted by atomic mass is 10.0. The van der Waals surface area contributed by atoms with Gasteiger partial charge in [-0.3, -0.25) is 9.69 Å². The summed E-state index contributed by atoms with van der Waals surface area (Å²) in [6.07, 6.45) is -3.87. The normalized spacial score (nSPS) is 23.0. The molecule has 1 atom stereocenters. The van der Waals surface area contributed by atoms with E-state index in [1.807, 2.05) is 0 Å². The molecule has 2 saturated heterocycles. The lowest BCUT2D eigenvalue weighted by Gasteiger charge is -2.35. The zero-order valence-electron chi connectivity index (χ0n) is 15.3. The van der Waals surface area contributed by atoms with E-state index in [-0.39, 0.29) is 35.5 Å². The average Bonchev–Trinajstić information content (AvgIpc) is 2.94. The second-order valence-corrected chi connectivity index (χ2v) is 9.55. The quantitative estimate of drug-likeness (QED) is 0.730. The van der Waals surface area contributed by atoms with Crippen LogP contribution in [0.3, 0.4) is 0 Å². The molecule has 2 heterocycles. The molecule has 1 amide bonds. The minimum atomic E-state index is -4.70. The van der Waals surface area contributed by atoms with Gasteiger partial charge in [-0.2, -0.15) is 0 Å². The van der Waals surface area contributed by atoms with Gasteiger partial charge in [-0.25, -0.2) is 8.42 Å². The molecule has 0 radical (unpaired) electrons. The number of hydrogen-bond donors (Lipinski definition) is 0. The van der Waals surface area contributed by atoms with Gasteiger partial charge < -0.3 is 9.64 Å². The lowest BCUT2D eigenvalue weighted by Crippen LogP contribution is -2.48. The molecule has 0 aliphatic carbocycles. The largest absolute Gasteiger partial charge is 0.573 e. The number of piperazine rings is 1. The van der Waals surface area contributed by atoms with E-state index in [0.717, 1.165) is 5.56 Å². The number of carbonyl (C=O) groups excluding carboxylic acids is 1. The standard InChI is InChI=1S/C18H23F3N2O4S/c19-18(20,21)27-16-3-1-14(2-4-16)12-22-6-8-23(9-7-22)17(24)11-15-5-10-28(25,26)13-15/h1-4,15H,5-13H2. The van der Waals surface area contributed by atoms with Gasteiger partial charge in [0.05, 0.1) is 11.5 Å². The molecule has 28 heavy (non-hydrogen) atoms. The molecule has 1 aromatic rings. The number of ether oxygens (including phenoxy) is 1. The third-order valence-corrected chi connectivity index (χ3v) is 6.92. The highest BCUT2D eigenvalue weighted by Crippen LogP contribution is 2.24. The molecule has 6 nitrogen and oxygen atoms in total. The van der Waals surface area contributed by atoms with Crippen molar-refractivity contribution in [2.24, 2.45) is 5.92 Å². The van der Waals surface area contributed by atoms with E-state index in [4.69, 9.17) is 0 Å². The Balaban J connectivity index is 1.43. The van der Waals surface area contributed by atoms with Crippen molar-refractivity contribution in [3.05, 3.63) is 29.8 Å². The number of hydrogen-bond acceptors (Lipinski definition) is 5. The van der Waals surface area contributed by atoms with Crippen molar-refractivity contribution in [3.63, 3.8) is 0 Å². The zero-order valence-corrected chi connectivity index (χ0v) is 16.1. The van der Waals surface area contributed by atoms with Gasteiger partial charge in [-0.05, 0) is 30.0 Å². The van der Waals surface area contributed by atoms with E-state index in [1.165, 1.54) is 12.1 Å². The van der Waals surface area contributed by atoms with Crippen LogP contribution in [0.15, 0.2) is 24.3 Å². The minimum absolute atomic E-state index is 0.00426. The molecular formula is C18H23F3N2O4S. The number of benzene rings is 1. The predicted molar refractivity (Wildman–Crippen MR) is 96.4 cm³/mol. The maximum absolute atomic E-state index is 12.4. The number of halogens is 3. The highest BCUT2D eigenvalue weighted by atomic mass is 32.2. The van der Waals surface area contributed by atoms with Gasteiger partial charge in [-0.15, -0.1) is 13.2 Å². The van der Waals surface area contributed by atoms with Crippen molar-refractivity contribution >= 4 is 15.7 Å². The van der Waals surface area contributed by atoms with Crippen LogP contribution in [0.25, 0.3) is 0 Å². The molecule has 1 unspecified atom stereocenters. The number of rotatable bonds is 5. The predicted octanol–water partition coefficient (Wildman–Crippen LogP) is 2.05. The van der Waals surface area contributed by atoms with Crippen molar-refractivity contribution in [3.8, 4) is 5.75 Å². The SMILES string of the molecule is O=C(CC1CCS(=O)(=O)C1)N1CCN(Cc2ccc(OC(F)(F)F)cc2)CC1. The van der Waals surface area contributed by atoms with E-state index in [2.05, 4.69) is 9.64 Å². The first-order valence-corrected chi connectivity index (χ1v) is 11.0. The fraction of sp³-hybridized carbons (Fsp3) is 0.611. The molecule has 2 fully saturated rings. The molecule has 0 bridgehead atoms. The van der Waals surface area contributed by atoms with Crippen LogP contribution in [-0.2, 0) is 21.2 Å². The summed E-state index contributed by atoms with van der Waals surface area (Å²) < 4.78 is 63.4. The number of amides is 1. The Labute approximate surface area is 162 Å². The maximum Gasteiger partial charge on any atom is 0.573 e. The Morgan fingerprint density at radius 3 is 2.29 bits per heavy atom. The smallest absolute Gasteiger partial charge is 0.406 e. The van der Waals surface area contributed by atoms with Crippen LogP contribution in [0, 0.1) is 5.92 Å². The number of sulfone groups is 1. The summed E-state index contributed by atoms with van der Waals surface area (Å²) in [6.45, 7) is 3.03. The Bertz CT molecular complexity index is 788. The van der Waals surface area contributed by atoms with Crippen LogP contribution in [-0.4, -0.2) is 68.2 Å². The second kappa shape index (κ2) is 8.28. The van der Waals surface area contributed by atoms with Crippen molar-refractivity contribution in [2.75, 3.05) is 37.7 Å². The second-order valence-electron chi connectivity index (χ2n) is 7.32. The molecule has 2 aliphatic heterocycles. The number of carbonyl (C=O) groups is 1. The van der Waals surface area contributed by atoms with Crippen LogP contribution >= 0.6 is 0 Å². The summed E-state index contributed by atoms with van der Waals surface area (Å²) in [6, 6.07) is 5.77. The van der Waals surface area contributed by atoms with E-state index >= 15 is 0 Å². The fourth-order valence-corrected chi connectivity index (χ4v) is 5.48. The Morgan fingerprint density at radius 2 is 1.75 bits per heavy atom. The first-order chi connectivity index (χ1) is 13.1. The van der Waals surface area contributed by atoms with Gasteiger partial charge in [0.25, 0.3) is 0 Å². The summed E-state index contributed by atoms with van der Waals surface area (Å²) in [5.41, 5.74) is 0.866. The summed E-state index contributed by atoms with van der Waals surface area (Å²) in [5.74, 6) is -0.0536. The van der Waals surface area contributed by atoms with Crippen LogP contribution in [0.2, 0.25) is 0 Å². The number of nitrogens with zero attached hydrogens (tertiary/aromatic N) is 2. The minimum Gasteiger partial charge on any atom is -0.406 e. The summed E-state index contributed by atoms with van der Waals surface area (Å²) >= 11 is 0. The van der Waals surface area contributed by atoms with Gasteiger partial charge >= 0.3 is 6.36 Å². The Morgan fingerprint density at radius 1 is 1.11 bits per heavy atom. The summed E-state index contributed by atoms with van der Waals surface area (Å²) in [5, 5.41) is 0. The van der Waals surface area contributed by atoms with Crippen molar-refractivity contribution in [2.45, 2.75) is 25.7 Å².